The first-order chi connectivity index (χ1) is 6.61. The summed E-state index contributed by atoms with van der Waals surface area (Å²) in [4.78, 5) is 2.43. The van der Waals surface area contributed by atoms with Crippen molar-refractivity contribution in [3.05, 3.63) is 0 Å². The van der Waals surface area contributed by atoms with Crippen molar-refractivity contribution >= 4 is 0 Å². The Morgan fingerprint density at radius 1 is 1.07 bits per heavy atom. The predicted octanol–water partition coefficient (Wildman–Crippen LogP) is 1.49. The number of aliphatic hydroxyl groups is 1. The Morgan fingerprint density at radius 2 is 1.64 bits per heavy atom. The third kappa shape index (κ3) is 1.04. The zero-order valence-corrected chi connectivity index (χ0v) is 9.24. The van der Waals surface area contributed by atoms with Gasteiger partial charge in [-0.3, -0.25) is 0 Å². The molecule has 2 nitrogen and oxygen atoms in total. The van der Waals surface area contributed by atoms with Crippen LogP contribution in [0.1, 0.15) is 32.1 Å². The van der Waals surface area contributed by atoms with Crippen LogP contribution >= 0.6 is 0 Å². The Hall–Kier alpha value is -0.0800. The van der Waals surface area contributed by atoms with Gasteiger partial charge in [-0.15, -0.1) is 0 Å². The molecule has 4 aliphatic carbocycles. The van der Waals surface area contributed by atoms with Crippen LogP contribution in [0.2, 0.25) is 0 Å². The first kappa shape index (κ1) is 9.17. The minimum atomic E-state index is 0.0274. The van der Waals surface area contributed by atoms with Gasteiger partial charge >= 0.3 is 0 Å². The summed E-state index contributed by atoms with van der Waals surface area (Å²) in [6.45, 7) is 0. The fraction of sp³-hybridized carbons (Fsp3) is 1.00. The van der Waals surface area contributed by atoms with Gasteiger partial charge in [0.15, 0.2) is 0 Å². The minimum absolute atomic E-state index is 0.0274. The Morgan fingerprint density at radius 3 is 2.14 bits per heavy atom. The van der Waals surface area contributed by atoms with E-state index < -0.39 is 0 Å². The predicted molar refractivity (Wildman–Crippen MR) is 56.0 cm³/mol. The van der Waals surface area contributed by atoms with Gasteiger partial charge in [0.25, 0.3) is 0 Å². The van der Waals surface area contributed by atoms with Gasteiger partial charge in [-0.1, -0.05) is 0 Å². The highest BCUT2D eigenvalue weighted by Crippen LogP contribution is 2.57. The van der Waals surface area contributed by atoms with E-state index >= 15 is 0 Å². The van der Waals surface area contributed by atoms with Crippen LogP contribution in [0.5, 0.6) is 0 Å². The van der Waals surface area contributed by atoms with Crippen molar-refractivity contribution in [1.29, 1.82) is 0 Å². The lowest BCUT2D eigenvalue weighted by Crippen LogP contribution is -2.62. The number of hydrogen-bond donors (Lipinski definition) is 1. The summed E-state index contributed by atoms with van der Waals surface area (Å²) in [5.74, 6) is 2.14. The van der Waals surface area contributed by atoms with Crippen LogP contribution in [0.25, 0.3) is 0 Å². The first-order valence-corrected chi connectivity index (χ1v) is 5.96. The Balaban J connectivity index is 1.92. The monoisotopic (exact) mass is 195 g/mol. The van der Waals surface area contributed by atoms with Crippen LogP contribution in [0.15, 0.2) is 0 Å². The van der Waals surface area contributed by atoms with E-state index in [1.54, 1.807) is 0 Å². The van der Waals surface area contributed by atoms with Gasteiger partial charge in [0, 0.05) is 5.54 Å². The SMILES string of the molecule is CN(C)C12CC3C[C@H](C1)C(O)[C@@H](C3)C2. The number of aliphatic hydroxyl groups excluding tert-OH is 1. The van der Waals surface area contributed by atoms with Gasteiger partial charge < -0.3 is 10.0 Å². The highest BCUT2D eigenvalue weighted by molar-refractivity contribution is 5.09. The Bertz CT molecular complexity index is 235. The van der Waals surface area contributed by atoms with Crippen LogP contribution < -0.4 is 0 Å². The van der Waals surface area contributed by atoms with Gasteiger partial charge in [0.05, 0.1) is 6.10 Å². The molecule has 0 heterocycles. The highest BCUT2D eigenvalue weighted by Gasteiger charge is 2.55. The summed E-state index contributed by atoms with van der Waals surface area (Å²) >= 11 is 0. The summed E-state index contributed by atoms with van der Waals surface area (Å²) in [5.41, 5.74) is 0.454. The third-order valence-electron chi connectivity index (χ3n) is 5.14. The number of rotatable bonds is 1. The zero-order valence-electron chi connectivity index (χ0n) is 9.24. The second-order valence-electron chi connectivity index (χ2n) is 6.08. The van der Waals surface area contributed by atoms with Crippen molar-refractivity contribution in [1.82, 2.24) is 4.90 Å². The van der Waals surface area contributed by atoms with Crippen LogP contribution in [-0.4, -0.2) is 35.7 Å². The van der Waals surface area contributed by atoms with E-state index in [9.17, 15) is 5.11 Å². The quantitative estimate of drug-likeness (QED) is 0.685. The summed E-state index contributed by atoms with van der Waals surface area (Å²) in [6, 6.07) is 0. The molecule has 3 unspecified atom stereocenters. The first-order valence-electron chi connectivity index (χ1n) is 5.96. The molecule has 0 aromatic carbocycles. The standard InChI is InChI=1S/C12H21NO/c1-13(2)12-5-8-3-9(6-12)11(14)10(4-8)7-12/h8-11,14H,3-7H2,1-2H3/t8?,9-,10+,11?,12?. The van der Waals surface area contributed by atoms with Gasteiger partial charge in [-0.2, -0.15) is 0 Å². The van der Waals surface area contributed by atoms with E-state index in [4.69, 9.17) is 0 Å². The molecular weight excluding hydrogens is 174 g/mol. The van der Waals surface area contributed by atoms with Crippen LogP contribution in [0.3, 0.4) is 0 Å². The molecule has 14 heavy (non-hydrogen) atoms. The molecule has 0 radical (unpaired) electrons. The molecule has 0 spiro atoms. The van der Waals surface area contributed by atoms with Gasteiger partial charge in [-0.05, 0) is 64.0 Å². The maximum Gasteiger partial charge on any atom is 0.0598 e. The summed E-state index contributed by atoms with van der Waals surface area (Å²) in [7, 11) is 4.44. The van der Waals surface area contributed by atoms with Crippen molar-refractivity contribution in [3.8, 4) is 0 Å². The maximum absolute atomic E-state index is 10.1. The lowest BCUT2D eigenvalue weighted by molar-refractivity contribution is -0.140. The molecule has 0 aliphatic heterocycles. The van der Waals surface area contributed by atoms with E-state index in [0.29, 0.717) is 17.4 Å². The maximum atomic E-state index is 10.1. The molecule has 4 bridgehead atoms. The van der Waals surface area contributed by atoms with Gasteiger partial charge in [0.1, 0.15) is 0 Å². The molecule has 4 fully saturated rings. The lowest BCUT2D eigenvalue weighted by atomic mass is 9.51. The minimum Gasteiger partial charge on any atom is -0.393 e. The molecule has 0 aromatic rings. The van der Waals surface area contributed by atoms with E-state index in [2.05, 4.69) is 19.0 Å². The second kappa shape index (κ2) is 2.73. The summed E-state index contributed by atoms with van der Waals surface area (Å²) in [5, 5.41) is 10.1. The molecule has 0 aromatic heterocycles. The van der Waals surface area contributed by atoms with Crippen LogP contribution in [0.4, 0.5) is 0 Å². The van der Waals surface area contributed by atoms with Crippen molar-refractivity contribution in [2.24, 2.45) is 17.8 Å². The zero-order chi connectivity index (χ0) is 9.92. The van der Waals surface area contributed by atoms with Gasteiger partial charge in [-0.25, -0.2) is 0 Å². The lowest BCUT2D eigenvalue weighted by Gasteiger charge is -2.61. The molecule has 2 heteroatoms. The molecule has 0 amide bonds. The Kier molecular flexibility index (Phi) is 1.79. The van der Waals surface area contributed by atoms with E-state index in [1.807, 2.05) is 0 Å². The van der Waals surface area contributed by atoms with Crippen molar-refractivity contribution in [3.63, 3.8) is 0 Å². The molecule has 4 rings (SSSR count). The van der Waals surface area contributed by atoms with Crippen LogP contribution in [-0.2, 0) is 0 Å². The van der Waals surface area contributed by atoms with Crippen molar-refractivity contribution in [2.45, 2.75) is 43.7 Å². The van der Waals surface area contributed by atoms with Gasteiger partial charge in [0.2, 0.25) is 0 Å². The third-order valence-corrected chi connectivity index (χ3v) is 5.14. The van der Waals surface area contributed by atoms with E-state index in [-0.39, 0.29) is 6.10 Å². The molecule has 4 saturated carbocycles. The van der Waals surface area contributed by atoms with Crippen molar-refractivity contribution in [2.75, 3.05) is 14.1 Å². The fourth-order valence-corrected chi connectivity index (χ4v) is 4.50. The number of hydrogen-bond acceptors (Lipinski definition) is 2. The summed E-state index contributed by atoms with van der Waals surface area (Å²) in [6.07, 6.45) is 6.50. The smallest absolute Gasteiger partial charge is 0.0598 e. The summed E-state index contributed by atoms with van der Waals surface area (Å²) < 4.78 is 0. The van der Waals surface area contributed by atoms with Crippen molar-refractivity contribution < 1.29 is 5.11 Å². The molecule has 4 aliphatic rings. The van der Waals surface area contributed by atoms with Crippen LogP contribution in [0, 0.1) is 17.8 Å². The highest BCUT2D eigenvalue weighted by atomic mass is 16.3. The Labute approximate surface area is 86.3 Å². The topological polar surface area (TPSA) is 23.5 Å². The van der Waals surface area contributed by atoms with E-state index in [1.165, 1.54) is 32.1 Å². The number of nitrogens with zero attached hydrogens (tertiary/aromatic N) is 1. The largest absolute Gasteiger partial charge is 0.393 e. The van der Waals surface area contributed by atoms with E-state index in [0.717, 1.165) is 5.92 Å². The molecule has 1 N–H and O–H groups in total. The fourth-order valence-electron chi connectivity index (χ4n) is 4.50. The average molecular weight is 195 g/mol. The molecule has 5 atom stereocenters. The second-order valence-corrected chi connectivity index (χ2v) is 6.08. The molecule has 80 valence electrons. The average Bonchev–Trinajstić information content (AvgIpc) is 2.12. The normalized spacial score (nSPS) is 55.7. The molecular formula is C12H21NO. The molecule has 0 saturated heterocycles.